The maximum atomic E-state index is 12.8. The van der Waals surface area contributed by atoms with Crippen molar-refractivity contribution in [2.75, 3.05) is 26.2 Å². The van der Waals surface area contributed by atoms with Crippen molar-refractivity contribution in [3.8, 4) is 0 Å². The maximum absolute atomic E-state index is 12.8. The number of aliphatic carboxylic acids is 1. The predicted octanol–water partition coefficient (Wildman–Crippen LogP) is 2.28. The lowest BCUT2D eigenvalue weighted by atomic mass is 9.91. The number of carboxylic acid groups (broad SMARTS) is 1. The van der Waals surface area contributed by atoms with Crippen molar-refractivity contribution >= 4 is 35.7 Å². The zero-order valence-electron chi connectivity index (χ0n) is 22.4. The van der Waals surface area contributed by atoms with Gasteiger partial charge < -0.3 is 24.2 Å². The molecule has 0 aliphatic carbocycles. The summed E-state index contributed by atoms with van der Waals surface area (Å²) in [5.74, 6) is -1.95. The van der Waals surface area contributed by atoms with Crippen molar-refractivity contribution in [1.29, 1.82) is 0 Å². The number of carboxylic acids is 1. The first-order chi connectivity index (χ1) is 17.0. The van der Waals surface area contributed by atoms with E-state index in [0.717, 1.165) is 4.90 Å². The second-order valence-corrected chi connectivity index (χ2v) is 11.2. The molecule has 2 rings (SSSR count). The topological polar surface area (TPSA) is 164 Å². The SMILES string of the molecule is CC(C)(C)OC(=O)NN=C(CCCC(=O)N1CCC2(CC1)CN(CC(=O)O)C(=O)O2)C(=O)OC(C)(C)C. The van der Waals surface area contributed by atoms with Crippen LogP contribution in [0.2, 0.25) is 0 Å². The molecule has 0 unspecified atom stereocenters. The Balaban J connectivity index is 1.89. The first-order valence-electron chi connectivity index (χ1n) is 12.2. The lowest BCUT2D eigenvalue weighted by Crippen LogP contribution is -2.49. The molecule has 2 heterocycles. The molecule has 0 aromatic carbocycles. The number of rotatable bonds is 8. The van der Waals surface area contributed by atoms with E-state index < -0.39 is 47.5 Å². The molecule has 0 aromatic heterocycles. The van der Waals surface area contributed by atoms with Gasteiger partial charge in [-0.15, -0.1) is 0 Å². The van der Waals surface area contributed by atoms with Crippen LogP contribution in [0.5, 0.6) is 0 Å². The molecule has 0 atom stereocenters. The zero-order valence-corrected chi connectivity index (χ0v) is 22.4. The second-order valence-electron chi connectivity index (χ2n) is 11.2. The molecule has 2 saturated heterocycles. The van der Waals surface area contributed by atoms with Gasteiger partial charge >= 0.3 is 24.1 Å². The number of likely N-dealkylation sites (tertiary alicyclic amines) is 1. The smallest absolute Gasteiger partial charge is 0.428 e. The van der Waals surface area contributed by atoms with Gasteiger partial charge in [-0.25, -0.2) is 19.8 Å². The van der Waals surface area contributed by atoms with Crippen LogP contribution in [0.15, 0.2) is 5.10 Å². The third kappa shape index (κ3) is 9.89. The number of piperidine rings is 1. The molecule has 2 fully saturated rings. The quantitative estimate of drug-likeness (QED) is 0.209. The zero-order chi connectivity index (χ0) is 28.0. The van der Waals surface area contributed by atoms with Crippen LogP contribution in [-0.4, -0.2) is 93.6 Å². The van der Waals surface area contributed by atoms with Gasteiger partial charge in [-0.3, -0.25) is 14.5 Å². The Labute approximate surface area is 216 Å². The molecule has 2 aliphatic heterocycles. The van der Waals surface area contributed by atoms with Crippen molar-refractivity contribution in [2.24, 2.45) is 5.10 Å². The number of hydrogen-bond donors (Lipinski definition) is 2. The van der Waals surface area contributed by atoms with E-state index >= 15 is 0 Å². The molecule has 13 heteroatoms. The van der Waals surface area contributed by atoms with E-state index in [1.807, 2.05) is 0 Å². The standard InChI is InChI=1S/C24H38N4O9/c1-22(2,3)35-19(32)16(25-26-20(33)36-23(4,5)6)8-7-9-17(29)27-12-10-24(11-13-27)15-28(14-18(30)31)21(34)37-24/h7-15H2,1-6H3,(H,26,33)(H,30,31). The first kappa shape index (κ1) is 29.8. The summed E-state index contributed by atoms with van der Waals surface area (Å²) in [4.78, 5) is 63.0. The van der Waals surface area contributed by atoms with Crippen LogP contribution in [-0.2, 0) is 28.6 Å². The molecular formula is C24H38N4O9. The highest BCUT2D eigenvalue weighted by Gasteiger charge is 2.47. The largest absolute Gasteiger partial charge is 0.480 e. The second kappa shape index (κ2) is 11.8. The van der Waals surface area contributed by atoms with Crippen molar-refractivity contribution in [2.45, 2.75) is 90.4 Å². The van der Waals surface area contributed by atoms with Crippen LogP contribution in [0.3, 0.4) is 0 Å². The minimum absolute atomic E-state index is 0.0393. The van der Waals surface area contributed by atoms with E-state index in [1.54, 1.807) is 46.4 Å². The number of hydrazone groups is 1. The monoisotopic (exact) mass is 526 g/mol. The minimum Gasteiger partial charge on any atom is -0.480 e. The van der Waals surface area contributed by atoms with Crippen LogP contribution in [0.4, 0.5) is 9.59 Å². The summed E-state index contributed by atoms with van der Waals surface area (Å²) in [6.07, 6.45) is -0.147. The van der Waals surface area contributed by atoms with Crippen LogP contribution < -0.4 is 5.43 Å². The Morgan fingerprint density at radius 2 is 1.62 bits per heavy atom. The summed E-state index contributed by atoms with van der Waals surface area (Å²) in [5.41, 5.74) is -0.132. The normalized spacial score (nSPS) is 17.9. The van der Waals surface area contributed by atoms with E-state index in [2.05, 4.69) is 10.5 Å². The van der Waals surface area contributed by atoms with E-state index in [1.165, 1.54) is 0 Å². The fraction of sp³-hybridized carbons (Fsp3) is 0.750. The summed E-state index contributed by atoms with van der Waals surface area (Å²) in [7, 11) is 0. The number of esters is 1. The van der Waals surface area contributed by atoms with Crippen molar-refractivity contribution < 1.29 is 43.3 Å². The summed E-state index contributed by atoms with van der Waals surface area (Å²) < 4.78 is 16.0. The van der Waals surface area contributed by atoms with Crippen molar-refractivity contribution in [3.63, 3.8) is 0 Å². The molecule has 0 aromatic rings. The lowest BCUT2D eigenvalue weighted by molar-refractivity contribution is -0.146. The highest BCUT2D eigenvalue weighted by Crippen LogP contribution is 2.33. The third-order valence-corrected chi connectivity index (χ3v) is 5.51. The molecule has 2 aliphatic rings. The third-order valence-electron chi connectivity index (χ3n) is 5.51. The van der Waals surface area contributed by atoms with Gasteiger partial charge in [0.05, 0.1) is 6.54 Å². The van der Waals surface area contributed by atoms with E-state index in [4.69, 9.17) is 19.3 Å². The van der Waals surface area contributed by atoms with Crippen molar-refractivity contribution in [3.05, 3.63) is 0 Å². The first-order valence-corrected chi connectivity index (χ1v) is 12.2. The summed E-state index contributed by atoms with van der Waals surface area (Å²) in [6.45, 7) is 10.7. The van der Waals surface area contributed by atoms with Gasteiger partial charge in [0.1, 0.15) is 29.1 Å². The molecule has 3 amide bonds. The molecule has 0 bridgehead atoms. The molecule has 37 heavy (non-hydrogen) atoms. The predicted molar refractivity (Wildman–Crippen MR) is 131 cm³/mol. The number of ether oxygens (including phenoxy) is 3. The molecular weight excluding hydrogens is 488 g/mol. The highest BCUT2D eigenvalue weighted by molar-refractivity contribution is 6.36. The van der Waals surface area contributed by atoms with Crippen molar-refractivity contribution in [1.82, 2.24) is 15.2 Å². The number of nitrogens with zero attached hydrogens (tertiary/aromatic N) is 3. The Hall–Kier alpha value is -3.38. The van der Waals surface area contributed by atoms with Crippen LogP contribution >= 0.6 is 0 Å². The molecule has 13 nitrogen and oxygen atoms in total. The molecule has 0 radical (unpaired) electrons. The number of nitrogens with one attached hydrogen (secondary N) is 1. The van der Waals surface area contributed by atoms with Gasteiger partial charge in [-0.1, -0.05) is 0 Å². The number of carbonyl (C=O) groups excluding carboxylic acids is 4. The summed E-state index contributed by atoms with van der Waals surface area (Å²) in [5, 5.41) is 12.8. The van der Waals surface area contributed by atoms with E-state index in [-0.39, 0.29) is 37.4 Å². The molecule has 2 N–H and O–H groups in total. The lowest BCUT2D eigenvalue weighted by Gasteiger charge is -2.37. The Morgan fingerprint density at radius 3 is 2.16 bits per heavy atom. The van der Waals surface area contributed by atoms with Gasteiger partial charge in [0.25, 0.3) is 0 Å². The highest BCUT2D eigenvalue weighted by atomic mass is 16.6. The van der Waals surface area contributed by atoms with Gasteiger partial charge in [0.2, 0.25) is 5.91 Å². The average Bonchev–Trinajstić information content (AvgIpc) is 3.01. The fourth-order valence-electron chi connectivity index (χ4n) is 3.92. The van der Waals surface area contributed by atoms with E-state index in [9.17, 15) is 24.0 Å². The summed E-state index contributed by atoms with van der Waals surface area (Å²) >= 11 is 0. The number of amides is 3. The molecule has 208 valence electrons. The van der Waals surface area contributed by atoms with Crippen LogP contribution in [0.25, 0.3) is 0 Å². The summed E-state index contributed by atoms with van der Waals surface area (Å²) in [6, 6.07) is 0. The Morgan fingerprint density at radius 1 is 1.03 bits per heavy atom. The van der Waals surface area contributed by atoms with Gasteiger partial charge in [-0.2, -0.15) is 5.10 Å². The minimum atomic E-state index is -1.11. The number of carbonyl (C=O) groups is 5. The fourth-order valence-corrected chi connectivity index (χ4v) is 3.92. The van der Waals surface area contributed by atoms with E-state index in [0.29, 0.717) is 25.9 Å². The number of hydrogen-bond acceptors (Lipinski definition) is 9. The Kier molecular flexibility index (Phi) is 9.50. The van der Waals surface area contributed by atoms with Gasteiger partial charge in [-0.05, 0) is 54.4 Å². The maximum Gasteiger partial charge on any atom is 0.428 e. The van der Waals surface area contributed by atoms with Gasteiger partial charge in [0.15, 0.2) is 0 Å². The molecule has 1 spiro atoms. The van der Waals surface area contributed by atoms with Gasteiger partial charge in [0, 0.05) is 32.4 Å². The average molecular weight is 527 g/mol. The Bertz CT molecular complexity index is 925. The van der Waals surface area contributed by atoms with Crippen LogP contribution in [0.1, 0.15) is 73.6 Å². The molecule has 0 saturated carbocycles. The van der Waals surface area contributed by atoms with Crippen LogP contribution in [0, 0.1) is 0 Å².